The van der Waals surface area contributed by atoms with Crippen molar-refractivity contribution in [2.45, 2.75) is 38.6 Å². The minimum Gasteiger partial charge on any atom is -0.458 e. The number of pyridine rings is 2. The Kier molecular flexibility index (Phi) is 5.87. The first-order chi connectivity index (χ1) is 18.4. The van der Waals surface area contributed by atoms with E-state index >= 15 is 0 Å². The van der Waals surface area contributed by atoms with Gasteiger partial charge in [0, 0.05) is 28.6 Å². The van der Waals surface area contributed by atoms with Gasteiger partial charge in [0.25, 0.3) is 5.56 Å². The number of ether oxygens (including phenoxy) is 1. The number of rotatable bonds is 4. The quantitative estimate of drug-likeness (QED) is 0.297. The van der Waals surface area contributed by atoms with Crippen LogP contribution in [-0.2, 0) is 34.8 Å². The third kappa shape index (κ3) is 3.90. The highest BCUT2D eigenvalue weighted by atomic mass is 16.6. The second-order valence-electron chi connectivity index (χ2n) is 9.93. The fraction of sp³-hybridized carbons (Fsp3) is 0.258. The lowest BCUT2D eigenvalue weighted by Crippen LogP contribution is -2.44. The molecule has 38 heavy (non-hydrogen) atoms. The topological polar surface area (TPSA) is 84.7 Å². The van der Waals surface area contributed by atoms with E-state index in [1.165, 1.54) is 5.56 Å². The predicted molar refractivity (Wildman–Crippen MR) is 144 cm³/mol. The van der Waals surface area contributed by atoms with Crippen LogP contribution in [0.3, 0.4) is 0 Å². The summed E-state index contributed by atoms with van der Waals surface area (Å²) in [5.74, 6) is 5.87. The summed E-state index contributed by atoms with van der Waals surface area (Å²) in [7, 11) is 2.05. The Balaban J connectivity index is 1.35. The van der Waals surface area contributed by atoms with Crippen molar-refractivity contribution in [2.75, 3.05) is 13.6 Å². The van der Waals surface area contributed by atoms with Gasteiger partial charge < -0.3 is 14.4 Å². The van der Waals surface area contributed by atoms with Crippen LogP contribution in [0.15, 0.2) is 65.5 Å². The van der Waals surface area contributed by atoms with Crippen LogP contribution in [0.4, 0.5) is 0 Å². The number of nitrogens with zero attached hydrogens (tertiary/aromatic N) is 3. The van der Waals surface area contributed by atoms with E-state index < -0.39 is 11.6 Å². The van der Waals surface area contributed by atoms with Crippen molar-refractivity contribution < 1.29 is 14.6 Å². The van der Waals surface area contributed by atoms with Crippen molar-refractivity contribution in [3.63, 3.8) is 0 Å². The Morgan fingerprint density at radius 3 is 2.74 bits per heavy atom. The van der Waals surface area contributed by atoms with Crippen LogP contribution in [0.5, 0.6) is 0 Å². The summed E-state index contributed by atoms with van der Waals surface area (Å²) >= 11 is 0. The molecule has 7 nitrogen and oxygen atoms in total. The molecule has 190 valence electrons. The molecule has 0 saturated carbocycles. The van der Waals surface area contributed by atoms with Gasteiger partial charge in [-0.15, -0.1) is 0 Å². The van der Waals surface area contributed by atoms with Crippen LogP contribution in [-0.4, -0.2) is 39.1 Å². The first kappa shape index (κ1) is 24.1. The molecule has 7 heteroatoms. The predicted octanol–water partition coefficient (Wildman–Crippen LogP) is 3.56. The van der Waals surface area contributed by atoms with E-state index in [1.54, 1.807) is 17.6 Å². The van der Waals surface area contributed by atoms with Gasteiger partial charge in [0.05, 0.1) is 35.6 Å². The van der Waals surface area contributed by atoms with Crippen molar-refractivity contribution in [1.29, 1.82) is 0 Å². The average molecular weight is 506 g/mol. The Morgan fingerprint density at radius 1 is 1.13 bits per heavy atom. The zero-order chi connectivity index (χ0) is 26.4. The number of hydrogen-bond donors (Lipinski definition) is 1. The first-order valence-electron chi connectivity index (χ1n) is 12.7. The number of carbonyl (C=O) groups is 1. The molecule has 6 rings (SSSR count). The highest BCUT2D eigenvalue weighted by molar-refractivity contribution is 5.89. The normalized spacial score (nSPS) is 17.4. The molecule has 0 aliphatic carbocycles. The number of carbonyl (C=O) groups excluding carboxylic acids is 1. The second kappa shape index (κ2) is 9.25. The van der Waals surface area contributed by atoms with Crippen molar-refractivity contribution in [3.8, 4) is 23.2 Å². The fourth-order valence-electron chi connectivity index (χ4n) is 5.33. The Morgan fingerprint density at radius 2 is 1.95 bits per heavy atom. The van der Waals surface area contributed by atoms with Crippen LogP contribution < -0.4 is 5.56 Å². The molecule has 0 spiro atoms. The molecule has 0 radical (unpaired) electrons. The van der Waals surface area contributed by atoms with Gasteiger partial charge in [-0.3, -0.25) is 9.69 Å². The number of aromatic nitrogens is 2. The van der Waals surface area contributed by atoms with Gasteiger partial charge in [-0.1, -0.05) is 55.2 Å². The number of esters is 1. The maximum absolute atomic E-state index is 13.4. The summed E-state index contributed by atoms with van der Waals surface area (Å²) < 4.78 is 6.81. The summed E-state index contributed by atoms with van der Waals surface area (Å²) in [6.45, 7) is 3.36. The summed E-state index contributed by atoms with van der Waals surface area (Å²) in [6.07, 6.45) is 0.113. The largest absolute Gasteiger partial charge is 0.458 e. The maximum atomic E-state index is 13.4. The van der Waals surface area contributed by atoms with E-state index in [0.717, 1.165) is 28.6 Å². The second-order valence-corrected chi connectivity index (χ2v) is 9.93. The zero-order valence-corrected chi connectivity index (χ0v) is 21.3. The third-order valence-corrected chi connectivity index (χ3v) is 7.42. The maximum Gasteiger partial charge on any atom is 0.343 e. The number of benzene rings is 2. The molecule has 4 heterocycles. The molecule has 1 atom stereocenters. The Hall–Kier alpha value is -4.25. The summed E-state index contributed by atoms with van der Waals surface area (Å²) in [5.41, 5.74) is 3.63. The van der Waals surface area contributed by atoms with Crippen molar-refractivity contribution in [1.82, 2.24) is 14.5 Å². The van der Waals surface area contributed by atoms with E-state index in [1.807, 2.05) is 43.4 Å². The molecule has 2 aromatic carbocycles. The Labute approximate surface area is 220 Å². The smallest absolute Gasteiger partial charge is 0.343 e. The molecule has 4 aromatic rings. The lowest BCUT2D eigenvalue weighted by atomic mass is 9.86. The summed E-state index contributed by atoms with van der Waals surface area (Å²) in [4.78, 5) is 32.8. The van der Waals surface area contributed by atoms with Gasteiger partial charge in [0.2, 0.25) is 0 Å². The molecule has 2 aromatic heterocycles. The number of fused-ring (bicyclic) bond motifs is 5. The first-order valence-corrected chi connectivity index (χ1v) is 12.7. The van der Waals surface area contributed by atoms with Crippen LogP contribution in [0.25, 0.3) is 22.3 Å². The fourth-order valence-corrected chi connectivity index (χ4v) is 5.33. The molecule has 2 aliphatic rings. The van der Waals surface area contributed by atoms with Crippen molar-refractivity contribution in [3.05, 3.63) is 98.8 Å². The van der Waals surface area contributed by atoms with Gasteiger partial charge in [-0.05, 0) is 43.3 Å². The number of cyclic esters (lactones) is 1. The Bertz CT molecular complexity index is 1710. The van der Waals surface area contributed by atoms with Crippen molar-refractivity contribution >= 4 is 16.9 Å². The minimum absolute atomic E-state index is 0.113. The number of hydrogen-bond acceptors (Lipinski definition) is 6. The summed E-state index contributed by atoms with van der Waals surface area (Å²) in [5, 5.41) is 12.0. The monoisotopic (exact) mass is 505 g/mol. The minimum atomic E-state index is -1.83. The molecule has 2 aliphatic heterocycles. The van der Waals surface area contributed by atoms with E-state index in [-0.39, 0.29) is 18.6 Å². The molecule has 0 unspecified atom stereocenters. The van der Waals surface area contributed by atoms with E-state index in [2.05, 4.69) is 34.9 Å². The molecule has 0 amide bonds. The van der Waals surface area contributed by atoms with Crippen LogP contribution >= 0.6 is 0 Å². The lowest BCUT2D eigenvalue weighted by molar-refractivity contribution is -0.172. The van der Waals surface area contributed by atoms with Gasteiger partial charge in [0.15, 0.2) is 5.60 Å². The molecule has 0 bridgehead atoms. The van der Waals surface area contributed by atoms with Crippen LogP contribution in [0.2, 0.25) is 0 Å². The zero-order valence-electron chi connectivity index (χ0n) is 21.3. The van der Waals surface area contributed by atoms with Gasteiger partial charge >= 0.3 is 5.97 Å². The van der Waals surface area contributed by atoms with Gasteiger partial charge in [-0.2, -0.15) is 0 Å². The van der Waals surface area contributed by atoms with E-state index in [9.17, 15) is 14.7 Å². The van der Waals surface area contributed by atoms with Crippen molar-refractivity contribution in [2.24, 2.45) is 0 Å². The number of aliphatic hydroxyl groups is 1. The van der Waals surface area contributed by atoms with E-state index in [4.69, 9.17) is 9.72 Å². The molecular weight excluding hydrogens is 478 g/mol. The van der Waals surface area contributed by atoms with Gasteiger partial charge in [0.1, 0.15) is 6.61 Å². The van der Waals surface area contributed by atoms with E-state index in [0.29, 0.717) is 35.6 Å². The molecular formula is C31H27N3O4. The molecule has 0 fully saturated rings. The third-order valence-electron chi connectivity index (χ3n) is 7.42. The average Bonchev–Trinajstić information content (AvgIpc) is 3.28. The lowest BCUT2D eigenvalue weighted by Gasteiger charge is -2.31. The van der Waals surface area contributed by atoms with Crippen LogP contribution in [0, 0.1) is 11.8 Å². The van der Waals surface area contributed by atoms with Crippen LogP contribution in [0.1, 0.15) is 41.2 Å². The molecule has 1 N–H and O–H groups in total. The highest BCUT2D eigenvalue weighted by Gasteiger charge is 2.45. The standard InChI is InChI=1S/C31H27N3O4/c1-3-31(37)25-16-27-28-22(18-34(27)29(35)24(25)19-38-30(31)36)15-23-21(11-7-13-26(23)32-28)12-8-14-33(2)17-20-9-5-4-6-10-20/h4-7,9-11,13,15-16,37H,3,14,17-19H2,1-2H3/t31-/m0/s1. The van der Waals surface area contributed by atoms with Gasteiger partial charge in [-0.25, -0.2) is 9.78 Å². The molecule has 0 saturated heterocycles. The SMILES string of the molecule is CC[C@@]1(O)C(=O)OCc2c1cc1n(c2=O)Cc2cc3c(C#CCN(C)Cc4ccccc4)cccc3nc2-1. The summed E-state index contributed by atoms with van der Waals surface area (Å²) in [6, 6.07) is 19.9. The highest BCUT2D eigenvalue weighted by Crippen LogP contribution is 2.38.